The number of ether oxygens (including phenoxy) is 1. The Kier molecular flexibility index (Phi) is 6.62. The van der Waals surface area contributed by atoms with E-state index in [1.165, 1.54) is 0 Å². The molecular weight excluding hydrogens is 266 g/mol. The fourth-order valence-electron chi connectivity index (χ4n) is 1.60. The minimum Gasteiger partial charge on any atom is -0.397 e. The first kappa shape index (κ1) is 15.8. The summed E-state index contributed by atoms with van der Waals surface area (Å²) in [7, 11) is 1.64. The van der Waals surface area contributed by atoms with E-state index in [4.69, 9.17) is 22.1 Å². The Bertz CT molecular complexity index is 426. The quantitative estimate of drug-likeness (QED) is 0.750. The van der Waals surface area contributed by atoms with Crippen molar-refractivity contribution in [1.29, 1.82) is 0 Å². The Morgan fingerprint density at radius 3 is 2.89 bits per heavy atom. The first-order valence-corrected chi connectivity index (χ1v) is 6.50. The molecule has 1 rings (SSSR count). The summed E-state index contributed by atoms with van der Waals surface area (Å²) < 4.78 is 5.00. The molecule has 1 aromatic carbocycles. The molecule has 19 heavy (non-hydrogen) atoms. The van der Waals surface area contributed by atoms with E-state index in [2.05, 4.69) is 5.32 Å². The van der Waals surface area contributed by atoms with Gasteiger partial charge < -0.3 is 15.8 Å². The van der Waals surface area contributed by atoms with Crippen LogP contribution < -0.4 is 11.1 Å². The molecule has 0 spiro atoms. The third-order valence-corrected chi connectivity index (χ3v) is 2.95. The van der Waals surface area contributed by atoms with Gasteiger partial charge in [-0.1, -0.05) is 18.5 Å². The van der Waals surface area contributed by atoms with Gasteiger partial charge in [0, 0.05) is 18.7 Å². The average Bonchev–Trinajstić information content (AvgIpc) is 2.38. The molecule has 106 valence electrons. The van der Waals surface area contributed by atoms with E-state index in [-0.39, 0.29) is 5.91 Å². The summed E-state index contributed by atoms with van der Waals surface area (Å²) in [5.74, 6) is -0.119. The van der Waals surface area contributed by atoms with Gasteiger partial charge in [-0.3, -0.25) is 9.69 Å². The zero-order chi connectivity index (χ0) is 14.3. The number of hydrogen-bond donors (Lipinski definition) is 2. The third-order valence-electron chi connectivity index (χ3n) is 2.72. The molecule has 3 N–H and O–H groups in total. The highest BCUT2D eigenvalue weighted by Gasteiger charge is 2.10. The maximum atomic E-state index is 11.9. The van der Waals surface area contributed by atoms with Crippen molar-refractivity contribution in [2.75, 3.05) is 44.4 Å². The molecule has 0 saturated heterocycles. The van der Waals surface area contributed by atoms with E-state index < -0.39 is 0 Å². The standard InChI is InChI=1S/C13H20ClN3O2/c1-3-17(6-7-19-2)9-13(18)16-12-8-10(14)4-5-11(12)15/h4-5,8H,3,6-7,9,15H2,1-2H3,(H,16,18). The van der Waals surface area contributed by atoms with Crippen LogP contribution in [0.3, 0.4) is 0 Å². The van der Waals surface area contributed by atoms with E-state index in [0.717, 1.165) is 6.54 Å². The second-order valence-electron chi connectivity index (χ2n) is 4.14. The number of nitrogens with one attached hydrogen (secondary N) is 1. The number of methoxy groups -OCH3 is 1. The van der Waals surface area contributed by atoms with Crippen molar-refractivity contribution >= 4 is 28.9 Å². The number of nitrogens with two attached hydrogens (primary N) is 1. The number of carbonyl (C=O) groups is 1. The highest BCUT2D eigenvalue weighted by Crippen LogP contribution is 2.22. The Labute approximate surface area is 118 Å². The van der Waals surface area contributed by atoms with Crippen LogP contribution in [0.2, 0.25) is 5.02 Å². The number of likely N-dealkylation sites (N-methyl/N-ethyl adjacent to an activating group) is 1. The summed E-state index contributed by atoms with van der Waals surface area (Å²) in [6.45, 7) is 4.39. The fraction of sp³-hybridized carbons (Fsp3) is 0.462. The lowest BCUT2D eigenvalue weighted by Crippen LogP contribution is -2.35. The van der Waals surface area contributed by atoms with E-state index in [9.17, 15) is 4.79 Å². The number of nitrogen functional groups attached to an aromatic ring is 1. The number of nitrogens with zero attached hydrogens (tertiary/aromatic N) is 1. The molecule has 0 heterocycles. The van der Waals surface area contributed by atoms with Gasteiger partial charge in [0.1, 0.15) is 0 Å². The number of rotatable bonds is 7. The van der Waals surface area contributed by atoms with Crippen LogP contribution in [0.25, 0.3) is 0 Å². The average molecular weight is 286 g/mol. The molecule has 0 aliphatic heterocycles. The number of anilines is 2. The van der Waals surface area contributed by atoms with Gasteiger partial charge in [0.25, 0.3) is 0 Å². The predicted octanol–water partition coefficient (Wildman–Crippen LogP) is 1.83. The van der Waals surface area contributed by atoms with E-state index in [1.807, 2.05) is 11.8 Å². The fourth-order valence-corrected chi connectivity index (χ4v) is 1.77. The van der Waals surface area contributed by atoms with Gasteiger partial charge in [0.15, 0.2) is 0 Å². The molecule has 0 unspecified atom stereocenters. The maximum absolute atomic E-state index is 11.9. The SMILES string of the molecule is CCN(CCOC)CC(=O)Nc1cc(Cl)ccc1N. The Hall–Kier alpha value is -1.30. The molecule has 0 radical (unpaired) electrons. The second kappa shape index (κ2) is 7.99. The first-order chi connectivity index (χ1) is 9.06. The van der Waals surface area contributed by atoms with Gasteiger partial charge in [-0.05, 0) is 24.7 Å². The van der Waals surface area contributed by atoms with Crippen molar-refractivity contribution in [3.63, 3.8) is 0 Å². The van der Waals surface area contributed by atoms with Crippen LogP contribution in [0.15, 0.2) is 18.2 Å². The number of halogens is 1. The van der Waals surface area contributed by atoms with Crippen LogP contribution in [0.5, 0.6) is 0 Å². The minimum atomic E-state index is -0.119. The highest BCUT2D eigenvalue weighted by molar-refractivity contribution is 6.31. The molecule has 5 nitrogen and oxygen atoms in total. The molecular formula is C13H20ClN3O2. The zero-order valence-corrected chi connectivity index (χ0v) is 12.0. The van der Waals surface area contributed by atoms with Crippen LogP contribution in [0.4, 0.5) is 11.4 Å². The van der Waals surface area contributed by atoms with Gasteiger partial charge in [-0.2, -0.15) is 0 Å². The number of carbonyl (C=O) groups excluding carboxylic acids is 1. The lowest BCUT2D eigenvalue weighted by atomic mass is 10.2. The van der Waals surface area contributed by atoms with Gasteiger partial charge in [-0.15, -0.1) is 0 Å². The summed E-state index contributed by atoms with van der Waals surface area (Å²) >= 11 is 5.87. The highest BCUT2D eigenvalue weighted by atomic mass is 35.5. The predicted molar refractivity (Wildman–Crippen MR) is 78.5 cm³/mol. The normalized spacial score (nSPS) is 10.7. The van der Waals surface area contributed by atoms with Crippen LogP contribution >= 0.6 is 11.6 Å². The molecule has 0 aliphatic carbocycles. The van der Waals surface area contributed by atoms with Gasteiger partial charge in [0.2, 0.25) is 5.91 Å². The van der Waals surface area contributed by atoms with Crippen LogP contribution in [0.1, 0.15) is 6.92 Å². The number of benzene rings is 1. The lowest BCUT2D eigenvalue weighted by Gasteiger charge is -2.19. The smallest absolute Gasteiger partial charge is 0.238 e. The van der Waals surface area contributed by atoms with Crippen molar-refractivity contribution in [3.8, 4) is 0 Å². The van der Waals surface area contributed by atoms with E-state index >= 15 is 0 Å². The molecule has 1 amide bonds. The first-order valence-electron chi connectivity index (χ1n) is 6.13. The summed E-state index contributed by atoms with van der Waals surface area (Å²) in [5, 5.41) is 3.30. The molecule has 0 fully saturated rings. The molecule has 1 aromatic rings. The second-order valence-corrected chi connectivity index (χ2v) is 4.58. The van der Waals surface area contributed by atoms with Crippen molar-refractivity contribution in [2.24, 2.45) is 0 Å². The van der Waals surface area contributed by atoms with E-state index in [1.54, 1.807) is 25.3 Å². The summed E-state index contributed by atoms with van der Waals surface area (Å²) in [4.78, 5) is 13.9. The molecule has 0 saturated carbocycles. The maximum Gasteiger partial charge on any atom is 0.238 e. The molecule has 0 aliphatic rings. The Morgan fingerprint density at radius 1 is 1.53 bits per heavy atom. The summed E-state index contributed by atoms with van der Waals surface area (Å²) in [6.07, 6.45) is 0. The molecule has 0 bridgehead atoms. The Morgan fingerprint density at radius 2 is 2.26 bits per heavy atom. The van der Waals surface area contributed by atoms with Crippen LogP contribution in [-0.4, -0.2) is 44.2 Å². The minimum absolute atomic E-state index is 0.119. The van der Waals surface area contributed by atoms with Crippen molar-refractivity contribution < 1.29 is 9.53 Å². The number of amides is 1. The monoisotopic (exact) mass is 285 g/mol. The van der Waals surface area contributed by atoms with Gasteiger partial charge in [0.05, 0.1) is 24.5 Å². The topological polar surface area (TPSA) is 67.6 Å². The third kappa shape index (κ3) is 5.46. The zero-order valence-electron chi connectivity index (χ0n) is 11.3. The van der Waals surface area contributed by atoms with Gasteiger partial charge >= 0.3 is 0 Å². The molecule has 0 atom stereocenters. The lowest BCUT2D eigenvalue weighted by molar-refractivity contribution is -0.117. The molecule has 0 aromatic heterocycles. The van der Waals surface area contributed by atoms with Crippen LogP contribution in [0, 0.1) is 0 Å². The van der Waals surface area contributed by atoms with Crippen molar-refractivity contribution in [3.05, 3.63) is 23.2 Å². The molecule has 6 heteroatoms. The van der Waals surface area contributed by atoms with Crippen molar-refractivity contribution in [1.82, 2.24) is 4.90 Å². The largest absolute Gasteiger partial charge is 0.397 e. The van der Waals surface area contributed by atoms with Crippen LogP contribution in [-0.2, 0) is 9.53 Å². The summed E-state index contributed by atoms with van der Waals surface area (Å²) in [6, 6.07) is 4.99. The Balaban J connectivity index is 2.56. The summed E-state index contributed by atoms with van der Waals surface area (Å²) in [5.41, 5.74) is 6.81. The van der Waals surface area contributed by atoms with Gasteiger partial charge in [-0.25, -0.2) is 0 Å². The van der Waals surface area contributed by atoms with Crippen molar-refractivity contribution in [2.45, 2.75) is 6.92 Å². The van der Waals surface area contributed by atoms with E-state index in [0.29, 0.717) is 36.1 Å². The number of hydrogen-bond acceptors (Lipinski definition) is 4.